The second-order valence-corrected chi connectivity index (χ2v) is 6.50. The van der Waals surface area contributed by atoms with Crippen molar-refractivity contribution in [2.75, 3.05) is 12.0 Å². The van der Waals surface area contributed by atoms with Crippen LogP contribution in [0.2, 0.25) is 0 Å². The first-order valence-electron chi connectivity index (χ1n) is 9.01. The summed E-state index contributed by atoms with van der Waals surface area (Å²) in [6.45, 7) is 1.88. The summed E-state index contributed by atoms with van der Waals surface area (Å²) in [7, 11) is 1.56. The van der Waals surface area contributed by atoms with Crippen molar-refractivity contribution >= 4 is 17.4 Å². The molecule has 2 aromatic carbocycles. The van der Waals surface area contributed by atoms with Crippen molar-refractivity contribution in [1.82, 2.24) is 19.6 Å². The molecule has 0 fully saturated rings. The Balaban J connectivity index is 1.74. The maximum Gasteiger partial charge on any atom is 0.274 e. The summed E-state index contributed by atoms with van der Waals surface area (Å²) in [6.07, 6.45) is 0. The third-order valence-corrected chi connectivity index (χ3v) is 4.44. The number of anilines is 1. The van der Waals surface area contributed by atoms with E-state index in [9.17, 15) is 9.59 Å². The number of aromatic amines is 1. The zero-order valence-corrected chi connectivity index (χ0v) is 16.0. The Labute approximate surface area is 166 Å². The van der Waals surface area contributed by atoms with Gasteiger partial charge in [0.25, 0.3) is 17.2 Å². The van der Waals surface area contributed by atoms with Crippen LogP contribution in [0.25, 0.3) is 5.78 Å². The number of hydrogen-bond donors (Lipinski definition) is 1. The second kappa shape index (κ2) is 7.59. The number of amides is 1. The Morgan fingerprint density at radius 3 is 2.66 bits per heavy atom. The highest BCUT2D eigenvalue weighted by Gasteiger charge is 2.20. The molecule has 0 unspecified atom stereocenters. The molecule has 0 aliphatic heterocycles. The molecule has 29 heavy (non-hydrogen) atoms. The highest BCUT2D eigenvalue weighted by molar-refractivity contribution is 6.06. The topological polar surface area (TPSA) is 92.6 Å². The van der Waals surface area contributed by atoms with E-state index < -0.39 is 0 Å². The van der Waals surface area contributed by atoms with Crippen LogP contribution in [0.15, 0.2) is 65.5 Å². The molecule has 0 bridgehead atoms. The molecule has 8 nitrogen and oxygen atoms in total. The van der Waals surface area contributed by atoms with Gasteiger partial charge in [-0.15, -0.1) is 0 Å². The van der Waals surface area contributed by atoms with Crippen molar-refractivity contribution in [2.24, 2.45) is 0 Å². The van der Waals surface area contributed by atoms with Gasteiger partial charge in [0.1, 0.15) is 11.6 Å². The van der Waals surface area contributed by atoms with Gasteiger partial charge in [-0.3, -0.25) is 14.7 Å². The molecule has 0 aliphatic rings. The van der Waals surface area contributed by atoms with Crippen LogP contribution in [0.5, 0.6) is 5.75 Å². The largest absolute Gasteiger partial charge is 0.497 e. The van der Waals surface area contributed by atoms with E-state index in [1.54, 1.807) is 43.2 Å². The van der Waals surface area contributed by atoms with Crippen LogP contribution in [0.3, 0.4) is 0 Å². The number of carbonyl (C=O) groups excluding carboxylic acids is 1. The van der Waals surface area contributed by atoms with E-state index in [0.717, 1.165) is 0 Å². The molecule has 1 amide bonds. The SMILES string of the molecule is COc1cccc(C(=O)N(Cc2nc3nc(C)cc(=O)n3[nH]2)c2ccccc2)c1. The lowest BCUT2D eigenvalue weighted by molar-refractivity contribution is 0.0984. The molecule has 0 atom stereocenters. The van der Waals surface area contributed by atoms with Crippen LogP contribution in [-0.4, -0.2) is 32.6 Å². The Morgan fingerprint density at radius 1 is 1.10 bits per heavy atom. The quantitative estimate of drug-likeness (QED) is 0.566. The van der Waals surface area contributed by atoms with E-state index in [1.807, 2.05) is 30.3 Å². The molecule has 146 valence electrons. The number of aryl methyl sites for hydroxylation is 1. The summed E-state index contributed by atoms with van der Waals surface area (Å²) in [6, 6.07) is 17.7. The fraction of sp³-hybridized carbons (Fsp3) is 0.143. The average molecular weight is 389 g/mol. The van der Waals surface area contributed by atoms with Gasteiger partial charge < -0.3 is 9.64 Å². The van der Waals surface area contributed by atoms with Gasteiger partial charge in [0.15, 0.2) is 0 Å². The highest BCUT2D eigenvalue weighted by Crippen LogP contribution is 2.21. The van der Waals surface area contributed by atoms with Gasteiger partial charge in [-0.25, -0.2) is 4.98 Å². The van der Waals surface area contributed by atoms with Crippen LogP contribution in [0.1, 0.15) is 21.9 Å². The lowest BCUT2D eigenvalue weighted by atomic mass is 10.1. The third-order valence-electron chi connectivity index (χ3n) is 4.44. The van der Waals surface area contributed by atoms with Gasteiger partial charge in [0.2, 0.25) is 0 Å². The summed E-state index contributed by atoms with van der Waals surface area (Å²) >= 11 is 0. The van der Waals surface area contributed by atoms with E-state index in [4.69, 9.17) is 4.74 Å². The van der Waals surface area contributed by atoms with E-state index in [0.29, 0.717) is 28.5 Å². The van der Waals surface area contributed by atoms with Crippen molar-refractivity contribution in [3.8, 4) is 5.75 Å². The van der Waals surface area contributed by atoms with E-state index >= 15 is 0 Å². The molecule has 2 heterocycles. The minimum Gasteiger partial charge on any atom is -0.497 e. The van der Waals surface area contributed by atoms with Crippen LogP contribution in [0, 0.1) is 6.92 Å². The molecule has 0 radical (unpaired) electrons. The Hall–Kier alpha value is -3.94. The molecule has 0 saturated carbocycles. The van der Waals surface area contributed by atoms with Crippen molar-refractivity contribution in [3.05, 3.63) is 88.1 Å². The zero-order chi connectivity index (χ0) is 20.4. The Bertz CT molecular complexity index is 1230. The molecule has 8 heteroatoms. The molecule has 1 N–H and O–H groups in total. The van der Waals surface area contributed by atoms with Crippen LogP contribution >= 0.6 is 0 Å². The van der Waals surface area contributed by atoms with Gasteiger partial charge in [-0.05, 0) is 37.3 Å². The first-order chi connectivity index (χ1) is 14.0. The maximum absolute atomic E-state index is 13.3. The summed E-state index contributed by atoms with van der Waals surface area (Å²) < 4.78 is 6.50. The fourth-order valence-electron chi connectivity index (χ4n) is 3.06. The molecule has 4 rings (SSSR count). The number of nitrogens with one attached hydrogen (secondary N) is 1. The predicted octanol–water partition coefficient (Wildman–Crippen LogP) is 2.58. The fourth-order valence-corrected chi connectivity index (χ4v) is 3.06. The van der Waals surface area contributed by atoms with Crippen molar-refractivity contribution in [2.45, 2.75) is 13.5 Å². The first-order valence-corrected chi connectivity index (χ1v) is 9.01. The monoisotopic (exact) mass is 389 g/mol. The van der Waals surface area contributed by atoms with Gasteiger partial charge in [0.05, 0.1) is 13.7 Å². The number of rotatable bonds is 5. The van der Waals surface area contributed by atoms with Crippen molar-refractivity contribution in [3.63, 3.8) is 0 Å². The second-order valence-electron chi connectivity index (χ2n) is 6.50. The normalized spacial score (nSPS) is 10.8. The number of fused-ring (bicyclic) bond motifs is 1. The summed E-state index contributed by atoms with van der Waals surface area (Å²) in [5.41, 5.74) is 1.52. The predicted molar refractivity (Wildman–Crippen MR) is 108 cm³/mol. The van der Waals surface area contributed by atoms with Gasteiger partial charge in [0, 0.05) is 23.0 Å². The zero-order valence-electron chi connectivity index (χ0n) is 16.0. The first kappa shape index (κ1) is 18.4. The van der Waals surface area contributed by atoms with Crippen molar-refractivity contribution in [1.29, 1.82) is 0 Å². The molecule has 0 aliphatic carbocycles. The number of nitrogens with zero attached hydrogens (tertiary/aromatic N) is 4. The van der Waals surface area contributed by atoms with E-state index in [2.05, 4.69) is 15.1 Å². The maximum atomic E-state index is 13.3. The standard InChI is InChI=1S/C21H19N5O3/c1-14-11-19(27)26-21(22-14)23-18(24-26)13-25(16-8-4-3-5-9-16)20(28)15-7-6-10-17(12-15)29-2/h3-12H,13H2,1-2H3,(H,22,23,24). The number of benzene rings is 2. The minimum absolute atomic E-state index is 0.141. The Kier molecular flexibility index (Phi) is 4.82. The number of methoxy groups -OCH3 is 1. The van der Waals surface area contributed by atoms with Crippen LogP contribution in [-0.2, 0) is 6.54 Å². The number of para-hydroxylation sites is 1. The van der Waals surface area contributed by atoms with Gasteiger partial charge in [-0.1, -0.05) is 24.3 Å². The number of carbonyl (C=O) groups is 1. The Morgan fingerprint density at radius 2 is 1.90 bits per heavy atom. The number of aromatic nitrogens is 4. The van der Waals surface area contributed by atoms with Crippen molar-refractivity contribution < 1.29 is 9.53 Å². The highest BCUT2D eigenvalue weighted by atomic mass is 16.5. The number of H-pyrrole nitrogens is 1. The lowest BCUT2D eigenvalue weighted by Gasteiger charge is -2.22. The van der Waals surface area contributed by atoms with E-state index in [-0.39, 0.29) is 23.8 Å². The summed E-state index contributed by atoms with van der Waals surface area (Å²) in [5, 5.41) is 2.93. The van der Waals surface area contributed by atoms with Gasteiger partial charge >= 0.3 is 0 Å². The van der Waals surface area contributed by atoms with Gasteiger partial charge in [-0.2, -0.15) is 9.50 Å². The van der Waals surface area contributed by atoms with Crippen LogP contribution in [0.4, 0.5) is 5.69 Å². The average Bonchev–Trinajstić information content (AvgIpc) is 3.15. The summed E-state index contributed by atoms with van der Waals surface area (Å²) in [4.78, 5) is 35.7. The number of ether oxygens (including phenoxy) is 1. The molecule has 0 saturated heterocycles. The van der Waals surface area contributed by atoms with Crippen LogP contribution < -0.4 is 15.2 Å². The third kappa shape index (κ3) is 3.73. The molecule has 2 aromatic heterocycles. The number of hydrogen-bond acceptors (Lipinski definition) is 5. The molecular formula is C21H19N5O3. The molecular weight excluding hydrogens is 370 g/mol. The van der Waals surface area contributed by atoms with E-state index in [1.165, 1.54) is 10.6 Å². The minimum atomic E-state index is -0.253. The molecule has 0 spiro atoms. The smallest absolute Gasteiger partial charge is 0.274 e. The summed E-state index contributed by atoms with van der Waals surface area (Å²) in [5.74, 6) is 1.10. The lowest BCUT2D eigenvalue weighted by Crippen LogP contribution is -2.31. The molecule has 4 aromatic rings.